The molecule has 0 amide bonds. The van der Waals surface area contributed by atoms with E-state index in [0.29, 0.717) is 0 Å². The van der Waals surface area contributed by atoms with E-state index in [1.54, 1.807) is 0 Å². The van der Waals surface area contributed by atoms with E-state index >= 15 is 0 Å². The molecule has 2 aliphatic rings. The summed E-state index contributed by atoms with van der Waals surface area (Å²) in [5, 5.41) is 3.62. The Balaban J connectivity index is 1.80. The molecule has 1 aromatic carbocycles. The summed E-state index contributed by atoms with van der Waals surface area (Å²) in [5.41, 5.74) is 1.58. The van der Waals surface area contributed by atoms with Crippen LogP contribution >= 0.6 is 15.9 Å². The summed E-state index contributed by atoms with van der Waals surface area (Å²) >= 11 is 3.65. The highest BCUT2D eigenvalue weighted by Gasteiger charge is 2.42. The summed E-state index contributed by atoms with van der Waals surface area (Å²) in [7, 11) is 0. The Morgan fingerprint density at radius 2 is 2.06 bits per heavy atom. The smallest absolute Gasteiger partial charge is 0.0598 e. The molecule has 0 unspecified atom stereocenters. The van der Waals surface area contributed by atoms with Gasteiger partial charge in [-0.2, -0.15) is 0 Å². The molecular weight excluding hydrogens is 266 g/mol. The number of hydrogen-bond acceptors (Lipinski definition) is 2. The van der Waals surface area contributed by atoms with E-state index in [1.807, 2.05) is 0 Å². The van der Waals surface area contributed by atoms with Gasteiger partial charge in [0.05, 0.1) is 18.6 Å². The first-order valence-corrected chi connectivity index (χ1v) is 6.66. The molecule has 0 radical (unpaired) electrons. The molecule has 0 atom stereocenters. The minimum atomic E-state index is 0.197. The van der Waals surface area contributed by atoms with E-state index in [9.17, 15) is 0 Å². The van der Waals surface area contributed by atoms with Crippen LogP contribution in [-0.4, -0.2) is 25.8 Å². The monoisotopic (exact) mass is 281 g/mol. The van der Waals surface area contributed by atoms with Gasteiger partial charge in [-0.25, -0.2) is 0 Å². The largest absolute Gasteiger partial charge is 0.379 e. The molecule has 0 bridgehead atoms. The third-order valence-corrected chi connectivity index (χ3v) is 4.20. The lowest BCUT2D eigenvalue weighted by atomic mass is 9.78. The molecule has 1 aromatic rings. The van der Waals surface area contributed by atoms with Crippen molar-refractivity contribution in [2.75, 3.05) is 19.8 Å². The van der Waals surface area contributed by atoms with Crippen molar-refractivity contribution in [1.82, 2.24) is 5.32 Å². The zero-order valence-corrected chi connectivity index (χ0v) is 10.8. The predicted octanol–water partition coefficient (Wildman–Crippen LogP) is 2.47. The van der Waals surface area contributed by atoms with Gasteiger partial charge in [0.2, 0.25) is 0 Å². The molecule has 2 fully saturated rings. The Morgan fingerprint density at radius 1 is 1.31 bits per heavy atom. The number of ether oxygens (including phenoxy) is 1. The van der Waals surface area contributed by atoms with Gasteiger partial charge in [-0.3, -0.25) is 0 Å². The van der Waals surface area contributed by atoms with Gasteiger partial charge >= 0.3 is 0 Å². The molecule has 0 spiro atoms. The number of nitrogens with one attached hydrogen (secondary N) is 1. The van der Waals surface area contributed by atoms with Crippen molar-refractivity contribution >= 4 is 15.9 Å². The topological polar surface area (TPSA) is 21.3 Å². The first-order chi connectivity index (χ1) is 7.80. The lowest BCUT2D eigenvalue weighted by Gasteiger charge is -2.42. The van der Waals surface area contributed by atoms with E-state index < -0.39 is 0 Å². The SMILES string of the molecule is Brc1ccccc1C1(CNC2CC2)COC1. The van der Waals surface area contributed by atoms with E-state index in [0.717, 1.165) is 25.8 Å². The summed E-state index contributed by atoms with van der Waals surface area (Å²) in [4.78, 5) is 0. The van der Waals surface area contributed by atoms with Crippen LogP contribution in [0.4, 0.5) is 0 Å². The van der Waals surface area contributed by atoms with Crippen LogP contribution in [0.5, 0.6) is 0 Å². The Bertz CT molecular complexity index is 385. The van der Waals surface area contributed by atoms with Crippen LogP contribution < -0.4 is 5.32 Å². The van der Waals surface area contributed by atoms with Gasteiger partial charge in [0.15, 0.2) is 0 Å². The van der Waals surface area contributed by atoms with E-state index in [4.69, 9.17) is 4.74 Å². The second-order valence-corrected chi connectivity index (χ2v) is 5.76. The number of benzene rings is 1. The van der Waals surface area contributed by atoms with Crippen molar-refractivity contribution in [2.45, 2.75) is 24.3 Å². The Hall–Kier alpha value is -0.380. The summed E-state index contributed by atoms with van der Waals surface area (Å²) in [6.07, 6.45) is 2.68. The van der Waals surface area contributed by atoms with Crippen molar-refractivity contribution < 1.29 is 4.74 Å². The summed E-state index contributed by atoms with van der Waals surface area (Å²) in [6.45, 7) is 2.73. The maximum atomic E-state index is 5.44. The summed E-state index contributed by atoms with van der Waals surface area (Å²) in [5.74, 6) is 0. The van der Waals surface area contributed by atoms with Crippen molar-refractivity contribution in [1.29, 1.82) is 0 Å². The molecule has 3 heteroatoms. The minimum absolute atomic E-state index is 0.197. The second kappa shape index (κ2) is 4.13. The lowest BCUT2D eigenvalue weighted by molar-refractivity contribution is -0.0595. The molecule has 1 saturated carbocycles. The molecule has 1 N–H and O–H groups in total. The van der Waals surface area contributed by atoms with Gasteiger partial charge in [-0.05, 0) is 24.5 Å². The zero-order valence-electron chi connectivity index (χ0n) is 9.21. The Labute approximate surface area is 105 Å². The van der Waals surface area contributed by atoms with Crippen LogP contribution in [0.2, 0.25) is 0 Å². The number of hydrogen-bond donors (Lipinski definition) is 1. The first kappa shape index (κ1) is 10.8. The quantitative estimate of drug-likeness (QED) is 0.916. The average molecular weight is 282 g/mol. The van der Waals surface area contributed by atoms with Crippen LogP contribution in [0.1, 0.15) is 18.4 Å². The maximum Gasteiger partial charge on any atom is 0.0598 e. The molecule has 86 valence electrons. The molecule has 1 saturated heterocycles. The third-order valence-electron chi connectivity index (χ3n) is 3.51. The fourth-order valence-electron chi connectivity index (χ4n) is 2.22. The lowest BCUT2D eigenvalue weighted by Crippen LogP contribution is -2.54. The van der Waals surface area contributed by atoms with Crippen LogP contribution in [0.3, 0.4) is 0 Å². The molecule has 16 heavy (non-hydrogen) atoms. The molecule has 2 nitrogen and oxygen atoms in total. The standard InChI is InChI=1S/C13H16BrNO/c14-12-4-2-1-3-11(12)13(8-16-9-13)7-15-10-5-6-10/h1-4,10,15H,5-9H2. The van der Waals surface area contributed by atoms with Gasteiger partial charge in [-0.15, -0.1) is 0 Å². The fraction of sp³-hybridized carbons (Fsp3) is 0.538. The van der Waals surface area contributed by atoms with Gasteiger partial charge in [0, 0.05) is 17.1 Å². The van der Waals surface area contributed by atoms with Gasteiger partial charge in [0.25, 0.3) is 0 Å². The third kappa shape index (κ3) is 1.92. The normalized spacial score (nSPS) is 22.8. The highest BCUT2D eigenvalue weighted by molar-refractivity contribution is 9.10. The molecular formula is C13H16BrNO. The van der Waals surface area contributed by atoms with Crippen LogP contribution in [-0.2, 0) is 10.2 Å². The van der Waals surface area contributed by atoms with Crippen molar-refractivity contribution in [2.24, 2.45) is 0 Å². The minimum Gasteiger partial charge on any atom is -0.379 e. The summed E-state index contributed by atoms with van der Waals surface area (Å²) < 4.78 is 6.64. The van der Waals surface area contributed by atoms with Crippen molar-refractivity contribution in [3.63, 3.8) is 0 Å². The summed E-state index contributed by atoms with van der Waals surface area (Å²) in [6, 6.07) is 9.26. The second-order valence-electron chi connectivity index (χ2n) is 4.91. The van der Waals surface area contributed by atoms with Crippen molar-refractivity contribution in [3.8, 4) is 0 Å². The number of halogens is 1. The van der Waals surface area contributed by atoms with Gasteiger partial charge in [0.1, 0.15) is 0 Å². The van der Waals surface area contributed by atoms with Gasteiger partial charge < -0.3 is 10.1 Å². The van der Waals surface area contributed by atoms with E-state index in [-0.39, 0.29) is 5.41 Å². The van der Waals surface area contributed by atoms with E-state index in [2.05, 4.69) is 45.5 Å². The highest BCUT2D eigenvalue weighted by atomic mass is 79.9. The Morgan fingerprint density at radius 3 is 2.62 bits per heavy atom. The van der Waals surface area contributed by atoms with Crippen LogP contribution in [0.25, 0.3) is 0 Å². The van der Waals surface area contributed by atoms with Crippen molar-refractivity contribution in [3.05, 3.63) is 34.3 Å². The van der Waals surface area contributed by atoms with E-state index in [1.165, 1.54) is 22.9 Å². The van der Waals surface area contributed by atoms with Crippen LogP contribution in [0.15, 0.2) is 28.7 Å². The highest BCUT2D eigenvalue weighted by Crippen LogP contribution is 2.37. The molecule has 1 aliphatic carbocycles. The zero-order chi connectivity index (χ0) is 11.0. The Kier molecular flexibility index (Phi) is 2.78. The molecule has 3 rings (SSSR count). The van der Waals surface area contributed by atoms with Crippen LogP contribution in [0, 0.1) is 0 Å². The van der Waals surface area contributed by atoms with Gasteiger partial charge in [-0.1, -0.05) is 34.1 Å². The number of rotatable bonds is 4. The first-order valence-electron chi connectivity index (χ1n) is 5.86. The maximum absolute atomic E-state index is 5.44. The molecule has 1 aliphatic heterocycles. The molecule has 1 heterocycles. The fourth-order valence-corrected chi connectivity index (χ4v) is 2.93. The average Bonchev–Trinajstić information content (AvgIpc) is 3.02. The predicted molar refractivity (Wildman–Crippen MR) is 67.7 cm³/mol. The molecule has 0 aromatic heterocycles.